The first-order valence-electron chi connectivity index (χ1n) is 11.6. The van der Waals surface area contributed by atoms with Crippen LogP contribution >= 0.6 is 34.5 Å². The summed E-state index contributed by atoms with van der Waals surface area (Å²) in [6.45, 7) is 0.233. The van der Waals surface area contributed by atoms with E-state index in [1.54, 1.807) is 40.0 Å². The molecule has 13 heteroatoms. The molecule has 3 aromatic heterocycles. The Bertz CT molecular complexity index is 1590. The summed E-state index contributed by atoms with van der Waals surface area (Å²) in [6, 6.07) is 14.4. The minimum atomic E-state index is -4.41. The second-order valence-electron chi connectivity index (χ2n) is 8.98. The van der Waals surface area contributed by atoms with Gasteiger partial charge in [-0.15, -0.1) is 10.2 Å². The predicted molar refractivity (Wildman–Crippen MR) is 139 cm³/mol. The van der Waals surface area contributed by atoms with Crippen LogP contribution in [0.1, 0.15) is 29.8 Å². The summed E-state index contributed by atoms with van der Waals surface area (Å²) in [6.07, 6.45) is -0.944. The Kier molecular flexibility index (Phi) is 6.24. The van der Waals surface area contributed by atoms with Gasteiger partial charge in [0.2, 0.25) is 0 Å². The summed E-state index contributed by atoms with van der Waals surface area (Å²) >= 11 is 13.7. The lowest BCUT2D eigenvalue weighted by molar-refractivity contribution is -0.212. The Morgan fingerprint density at radius 2 is 1.76 bits per heavy atom. The summed E-state index contributed by atoms with van der Waals surface area (Å²) < 4.78 is 45.4. The molecule has 1 aliphatic carbocycles. The smallest absolute Gasteiger partial charge is 0.248 e. The summed E-state index contributed by atoms with van der Waals surface area (Å²) in [5, 5.41) is 18.6. The Hall–Kier alpha value is -3.28. The first kappa shape index (κ1) is 25.0. The number of hydrogen-bond donors (Lipinski definition) is 0. The van der Waals surface area contributed by atoms with Gasteiger partial charge in [-0.25, -0.2) is 14.3 Å². The Balaban J connectivity index is 1.59. The van der Waals surface area contributed by atoms with E-state index in [-0.39, 0.29) is 29.4 Å². The zero-order chi connectivity index (χ0) is 26.5. The van der Waals surface area contributed by atoms with Crippen molar-refractivity contribution in [2.24, 2.45) is 0 Å². The average Bonchev–Trinajstić information content (AvgIpc) is 3.60. The van der Waals surface area contributed by atoms with Gasteiger partial charge in [0.1, 0.15) is 28.8 Å². The topological polar surface area (TPSA) is 74.3 Å². The molecule has 1 fully saturated rings. The summed E-state index contributed by atoms with van der Waals surface area (Å²) in [5.74, 6) is 0. The molecule has 0 radical (unpaired) electrons. The maximum absolute atomic E-state index is 14.0. The van der Waals surface area contributed by atoms with E-state index in [0.29, 0.717) is 39.1 Å². The van der Waals surface area contributed by atoms with E-state index in [1.165, 1.54) is 6.33 Å². The highest BCUT2D eigenvalue weighted by Gasteiger charge is 2.61. The molecule has 0 atom stereocenters. The van der Waals surface area contributed by atoms with Crippen LogP contribution in [0.15, 0.2) is 61.2 Å². The maximum Gasteiger partial charge on any atom is 0.400 e. The highest BCUT2D eigenvalue weighted by molar-refractivity contribution is 7.14. The Labute approximate surface area is 228 Å². The van der Waals surface area contributed by atoms with Crippen LogP contribution in [-0.4, -0.2) is 40.9 Å². The van der Waals surface area contributed by atoms with Crippen molar-refractivity contribution in [3.05, 3.63) is 81.8 Å². The Morgan fingerprint density at radius 3 is 2.39 bits per heavy atom. The Morgan fingerprint density at radius 1 is 1.00 bits per heavy atom. The van der Waals surface area contributed by atoms with Gasteiger partial charge in [-0.3, -0.25) is 0 Å². The van der Waals surface area contributed by atoms with Gasteiger partial charge in [0.05, 0.1) is 22.9 Å². The van der Waals surface area contributed by atoms with Gasteiger partial charge < -0.3 is 0 Å². The third-order valence-corrected chi connectivity index (χ3v) is 8.46. The second-order valence-corrected chi connectivity index (χ2v) is 10.8. The van der Waals surface area contributed by atoms with Crippen LogP contribution < -0.4 is 0 Å². The van der Waals surface area contributed by atoms with Gasteiger partial charge in [-0.1, -0.05) is 65.2 Å². The quantitative estimate of drug-likeness (QED) is 0.218. The molecule has 0 amide bonds. The fourth-order valence-electron chi connectivity index (χ4n) is 4.61. The van der Waals surface area contributed by atoms with E-state index >= 15 is 0 Å². The van der Waals surface area contributed by atoms with Crippen LogP contribution in [0.5, 0.6) is 0 Å². The van der Waals surface area contributed by atoms with Crippen molar-refractivity contribution in [1.82, 2.24) is 34.7 Å². The third-order valence-electron chi connectivity index (χ3n) is 6.76. The minimum Gasteiger partial charge on any atom is -0.248 e. The lowest BCUT2D eigenvalue weighted by Crippen LogP contribution is -2.47. The van der Waals surface area contributed by atoms with Gasteiger partial charge in [-0.05, 0) is 37.1 Å². The van der Waals surface area contributed by atoms with Crippen molar-refractivity contribution in [3.63, 3.8) is 0 Å². The highest BCUT2D eigenvalue weighted by atomic mass is 35.5. The molecule has 0 N–H and O–H groups in total. The van der Waals surface area contributed by atoms with E-state index < -0.39 is 11.6 Å². The molecule has 1 saturated carbocycles. The fourth-order valence-corrected chi connectivity index (χ4v) is 6.08. The summed E-state index contributed by atoms with van der Waals surface area (Å²) in [7, 11) is 0. The third kappa shape index (κ3) is 4.18. The van der Waals surface area contributed by atoms with Gasteiger partial charge in [0.25, 0.3) is 0 Å². The van der Waals surface area contributed by atoms with E-state index in [9.17, 15) is 13.2 Å². The molecular formula is C25H18Cl2F3N7S. The number of halogens is 5. The van der Waals surface area contributed by atoms with Crippen LogP contribution in [-0.2, 0) is 12.0 Å². The maximum atomic E-state index is 14.0. The molecule has 0 spiro atoms. The second kappa shape index (κ2) is 9.48. The van der Waals surface area contributed by atoms with E-state index in [4.69, 9.17) is 28.3 Å². The number of aromatic nitrogens is 7. The zero-order valence-electron chi connectivity index (χ0n) is 19.5. The average molecular weight is 576 g/mol. The molecule has 5 aromatic rings. The molecule has 1 aliphatic rings. The first-order chi connectivity index (χ1) is 18.3. The van der Waals surface area contributed by atoms with Gasteiger partial charge in [-0.2, -0.15) is 23.4 Å². The largest absolute Gasteiger partial charge is 0.400 e. The van der Waals surface area contributed by atoms with Crippen molar-refractivity contribution in [1.29, 1.82) is 0 Å². The minimum absolute atomic E-state index is 0.00103. The van der Waals surface area contributed by atoms with Crippen LogP contribution in [0.25, 0.3) is 27.6 Å². The number of alkyl halides is 3. The molecule has 194 valence electrons. The standard InChI is InChI=1S/C25H18Cl2F3N7S/c26-16-8-6-15(7-9-16)21-17(12-36-14-31-13-32-36)20(35-37(21)19-5-2-1-4-18(19)27)22-33-34-23(38-22)24(10-3-11-24)25(28,29)30/h1-2,4-9,13-14H,3,10-12H2. The summed E-state index contributed by atoms with van der Waals surface area (Å²) in [4.78, 5) is 4.03. The molecule has 3 heterocycles. The molecule has 38 heavy (non-hydrogen) atoms. The molecule has 7 nitrogen and oxygen atoms in total. The van der Waals surface area contributed by atoms with Crippen LogP contribution in [0.4, 0.5) is 13.2 Å². The molecule has 0 bridgehead atoms. The molecule has 0 saturated heterocycles. The van der Waals surface area contributed by atoms with Gasteiger partial charge in [0.15, 0.2) is 5.01 Å². The number of nitrogens with zero attached hydrogens (tertiary/aromatic N) is 7. The monoisotopic (exact) mass is 575 g/mol. The number of rotatable bonds is 6. The van der Waals surface area contributed by atoms with Crippen molar-refractivity contribution in [2.45, 2.75) is 37.4 Å². The van der Waals surface area contributed by atoms with Crippen LogP contribution in [0.3, 0.4) is 0 Å². The lowest BCUT2D eigenvalue weighted by Gasteiger charge is -2.40. The number of hydrogen-bond acceptors (Lipinski definition) is 6. The van der Waals surface area contributed by atoms with E-state index in [1.807, 2.05) is 24.3 Å². The van der Waals surface area contributed by atoms with E-state index in [0.717, 1.165) is 16.9 Å². The van der Waals surface area contributed by atoms with Crippen LogP contribution in [0, 0.1) is 0 Å². The van der Waals surface area contributed by atoms with Crippen molar-refractivity contribution in [2.75, 3.05) is 0 Å². The lowest BCUT2D eigenvalue weighted by atomic mass is 9.68. The van der Waals surface area contributed by atoms with Crippen LogP contribution in [0.2, 0.25) is 10.0 Å². The number of para-hydroxylation sites is 1. The molecule has 0 unspecified atom stereocenters. The van der Waals surface area contributed by atoms with E-state index in [2.05, 4.69) is 20.3 Å². The van der Waals surface area contributed by atoms with Gasteiger partial charge >= 0.3 is 6.18 Å². The number of benzene rings is 2. The normalized spacial score (nSPS) is 15.0. The fraction of sp³-hybridized carbons (Fsp3) is 0.240. The zero-order valence-corrected chi connectivity index (χ0v) is 21.9. The highest BCUT2D eigenvalue weighted by Crippen LogP contribution is 2.55. The molecule has 6 rings (SSSR count). The summed E-state index contributed by atoms with van der Waals surface area (Å²) in [5.41, 5.74) is 1.16. The molecular weight excluding hydrogens is 558 g/mol. The predicted octanol–water partition coefficient (Wildman–Crippen LogP) is 6.99. The first-order valence-corrected chi connectivity index (χ1v) is 13.2. The molecule has 0 aliphatic heterocycles. The van der Waals surface area contributed by atoms with Crippen molar-refractivity contribution < 1.29 is 13.2 Å². The molecule has 2 aromatic carbocycles. The van der Waals surface area contributed by atoms with Crippen molar-refractivity contribution >= 4 is 34.5 Å². The SMILES string of the molecule is FC(F)(F)C1(c2nnc(-c3nn(-c4ccccc4Cl)c(-c4ccc(Cl)cc4)c3Cn3cncn3)s2)CCC1. The van der Waals surface area contributed by atoms with Gasteiger partial charge in [0, 0.05) is 16.1 Å². The van der Waals surface area contributed by atoms with Crippen molar-refractivity contribution in [3.8, 4) is 27.6 Å².